The lowest BCUT2D eigenvalue weighted by molar-refractivity contribution is 0.414. The summed E-state index contributed by atoms with van der Waals surface area (Å²) in [6, 6.07) is 21.2. The lowest BCUT2D eigenvalue weighted by Crippen LogP contribution is -2.17. The van der Waals surface area contributed by atoms with E-state index >= 15 is 0 Å². The highest BCUT2D eigenvalue weighted by atomic mass is 35.5. The fraction of sp³-hybridized carbons (Fsp3) is 0.200. The second-order valence-corrected chi connectivity index (χ2v) is 5.66. The van der Waals surface area contributed by atoms with Gasteiger partial charge in [-0.15, -0.1) is 12.4 Å². The van der Waals surface area contributed by atoms with Crippen LogP contribution >= 0.6 is 12.4 Å². The Kier molecular flexibility index (Phi) is 5.51. The molecule has 0 saturated heterocycles. The number of nitrogens with zero attached hydrogens (tertiary/aromatic N) is 1. The molecule has 0 atom stereocenters. The molecule has 0 bridgehead atoms. The number of fused-ring (bicyclic) bond motifs is 1. The molecule has 2 nitrogen and oxygen atoms in total. The average molecular weight is 328 g/mol. The topological polar surface area (TPSA) is 12.5 Å². The van der Waals surface area contributed by atoms with E-state index in [1.165, 1.54) is 27.6 Å². The van der Waals surface area contributed by atoms with Crippen molar-refractivity contribution in [3.05, 3.63) is 71.8 Å². The maximum absolute atomic E-state index is 5.22. The molecule has 3 aromatic rings. The molecule has 120 valence electrons. The van der Waals surface area contributed by atoms with E-state index in [-0.39, 0.29) is 12.4 Å². The minimum atomic E-state index is 0. The van der Waals surface area contributed by atoms with Crippen LogP contribution in [0.15, 0.2) is 60.7 Å². The number of benzene rings is 3. The smallest absolute Gasteiger partial charge is 0.118 e. The molecular formula is C20H22ClNO. The molecule has 3 aromatic carbocycles. The first-order valence-corrected chi connectivity index (χ1v) is 7.51. The molecule has 0 N–H and O–H groups in total. The van der Waals surface area contributed by atoms with Gasteiger partial charge in [0, 0.05) is 24.7 Å². The van der Waals surface area contributed by atoms with Gasteiger partial charge in [-0.05, 0) is 35.6 Å². The van der Waals surface area contributed by atoms with E-state index < -0.39 is 0 Å². The Morgan fingerprint density at radius 1 is 0.913 bits per heavy atom. The first-order chi connectivity index (χ1) is 10.7. The minimum absolute atomic E-state index is 0. The van der Waals surface area contributed by atoms with Crippen molar-refractivity contribution in [1.29, 1.82) is 0 Å². The Labute approximate surface area is 144 Å². The molecule has 0 aliphatic heterocycles. The molecule has 0 spiro atoms. The number of halogens is 1. The third-order valence-electron chi connectivity index (χ3n) is 4.06. The minimum Gasteiger partial charge on any atom is -0.497 e. The van der Waals surface area contributed by atoms with Crippen LogP contribution in [0.4, 0.5) is 5.69 Å². The zero-order valence-electron chi connectivity index (χ0n) is 13.7. The molecule has 0 aliphatic rings. The standard InChI is InChI=1S/C20H21NO.ClH/c1-15-8-11-17-6-4-5-7-19(17)20(15)21(2)14-16-9-12-18(22-3)13-10-16;/h4-13H,14H2,1-3H3;1H. The van der Waals surface area contributed by atoms with Gasteiger partial charge in [-0.25, -0.2) is 0 Å². The van der Waals surface area contributed by atoms with Gasteiger partial charge < -0.3 is 9.64 Å². The van der Waals surface area contributed by atoms with E-state index in [0.29, 0.717) is 0 Å². The van der Waals surface area contributed by atoms with Crippen LogP contribution in [0, 0.1) is 6.92 Å². The summed E-state index contributed by atoms with van der Waals surface area (Å²) in [5.41, 5.74) is 3.87. The van der Waals surface area contributed by atoms with Crippen molar-refractivity contribution in [2.45, 2.75) is 13.5 Å². The van der Waals surface area contributed by atoms with Crippen LogP contribution in [-0.2, 0) is 6.54 Å². The third-order valence-corrected chi connectivity index (χ3v) is 4.06. The number of aryl methyl sites for hydroxylation is 1. The van der Waals surface area contributed by atoms with Gasteiger partial charge in [0.2, 0.25) is 0 Å². The lowest BCUT2D eigenvalue weighted by Gasteiger charge is -2.23. The number of hydrogen-bond donors (Lipinski definition) is 0. The quantitative estimate of drug-likeness (QED) is 0.651. The second kappa shape index (κ2) is 7.38. The number of ether oxygens (including phenoxy) is 1. The highest BCUT2D eigenvalue weighted by molar-refractivity contribution is 5.95. The summed E-state index contributed by atoms with van der Waals surface area (Å²) in [7, 11) is 3.85. The van der Waals surface area contributed by atoms with E-state index in [2.05, 4.69) is 67.4 Å². The molecule has 0 radical (unpaired) electrons. The summed E-state index contributed by atoms with van der Waals surface area (Å²) in [6.45, 7) is 3.05. The molecule has 0 amide bonds. The van der Waals surface area contributed by atoms with Crippen molar-refractivity contribution in [2.24, 2.45) is 0 Å². The molecule has 0 saturated carbocycles. The molecular weight excluding hydrogens is 306 g/mol. The van der Waals surface area contributed by atoms with E-state index in [4.69, 9.17) is 4.74 Å². The van der Waals surface area contributed by atoms with Crippen LogP contribution in [-0.4, -0.2) is 14.2 Å². The van der Waals surface area contributed by atoms with Gasteiger partial charge in [0.15, 0.2) is 0 Å². The fourth-order valence-corrected chi connectivity index (χ4v) is 2.95. The Bertz CT molecular complexity index is 783. The predicted octanol–water partition coefficient (Wildman–Crippen LogP) is 5.22. The van der Waals surface area contributed by atoms with Crippen LogP contribution in [0.25, 0.3) is 10.8 Å². The number of anilines is 1. The van der Waals surface area contributed by atoms with Gasteiger partial charge in [0.05, 0.1) is 7.11 Å². The summed E-state index contributed by atoms with van der Waals surface area (Å²) in [6.07, 6.45) is 0. The molecule has 0 aromatic heterocycles. The third kappa shape index (κ3) is 3.59. The molecule has 0 fully saturated rings. The van der Waals surface area contributed by atoms with Gasteiger partial charge in [0.1, 0.15) is 5.75 Å². The van der Waals surface area contributed by atoms with E-state index in [1.54, 1.807) is 7.11 Å². The largest absolute Gasteiger partial charge is 0.497 e. The first kappa shape index (κ1) is 17.2. The lowest BCUT2D eigenvalue weighted by atomic mass is 10.0. The summed E-state index contributed by atoms with van der Waals surface area (Å²) < 4.78 is 5.22. The van der Waals surface area contributed by atoms with Crippen LogP contribution in [0.3, 0.4) is 0 Å². The Balaban J connectivity index is 0.00000192. The highest BCUT2D eigenvalue weighted by Crippen LogP contribution is 2.30. The van der Waals surface area contributed by atoms with Gasteiger partial charge in [0.25, 0.3) is 0 Å². The Morgan fingerprint density at radius 3 is 2.30 bits per heavy atom. The van der Waals surface area contributed by atoms with E-state index in [0.717, 1.165) is 12.3 Å². The summed E-state index contributed by atoms with van der Waals surface area (Å²) >= 11 is 0. The summed E-state index contributed by atoms with van der Waals surface area (Å²) in [5.74, 6) is 0.896. The van der Waals surface area contributed by atoms with E-state index in [9.17, 15) is 0 Å². The Morgan fingerprint density at radius 2 is 1.61 bits per heavy atom. The van der Waals surface area contributed by atoms with Crippen LogP contribution in [0.5, 0.6) is 5.75 Å². The van der Waals surface area contributed by atoms with Crippen molar-refractivity contribution < 1.29 is 4.74 Å². The maximum atomic E-state index is 5.22. The van der Waals surface area contributed by atoms with E-state index in [1.807, 2.05) is 12.1 Å². The van der Waals surface area contributed by atoms with Gasteiger partial charge >= 0.3 is 0 Å². The van der Waals surface area contributed by atoms with Gasteiger partial charge in [-0.2, -0.15) is 0 Å². The molecule has 23 heavy (non-hydrogen) atoms. The zero-order valence-corrected chi connectivity index (χ0v) is 14.6. The van der Waals surface area contributed by atoms with Crippen LogP contribution in [0.2, 0.25) is 0 Å². The highest BCUT2D eigenvalue weighted by Gasteiger charge is 2.10. The van der Waals surface area contributed by atoms with Crippen molar-refractivity contribution in [3.8, 4) is 5.75 Å². The Hall–Kier alpha value is -2.19. The first-order valence-electron chi connectivity index (χ1n) is 7.51. The summed E-state index contributed by atoms with van der Waals surface area (Å²) in [5, 5.41) is 2.59. The van der Waals surface area contributed by atoms with Crippen molar-refractivity contribution in [1.82, 2.24) is 0 Å². The molecule has 0 unspecified atom stereocenters. The van der Waals surface area contributed by atoms with Gasteiger partial charge in [-0.1, -0.05) is 48.5 Å². The molecule has 0 heterocycles. The average Bonchev–Trinajstić information content (AvgIpc) is 2.55. The van der Waals surface area contributed by atoms with Crippen LogP contribution in [0.1, 0.15) is 11.1 Å². The molecule has 3 rings (SSSR count). The van der Waals surface area contributed by atoms with Crippen LogP contribution < -0.4 is 9.64 Å². The molecule has 0 aliphatic carbocycles. The monoisotopic (exact) mass is 327 g/mol. The zero-order chi connectivity index (χ0) is 15.5. The number of methoxy groups -OCH3 is 1. The van der Waals surface area contributed by atoms with Crippen molar-refractivity contribution in [2.75, 3.05) is 19.1 Å². The predicted molar refractivity (Wildman–Crippen MR) is 101 cm³/mol. The van der Waals surface area contributed by atoms with Gasteiger partial charge in [-0.3, -0.25) is 0 Å². The normalized spacial score (nSPS) is 10.2. The SMILES string of the molecule is COc1ccc(CN(C)c2c(C)ccc3ccccc23)cc1.Cl. The summed E-state index contributed by atoms with van der Waals surface area (Å²) in [4.78, 5) is 2.32. The number of hydrogen-bond acceptors (Lipinski definition) is 2. The maximum Gasteiger partial charge on any atom is 0.118 e. The number of rotatable bonds is 4. The van der Waals surface area contributed by atoms with Crippen molar-refractivity contribution >= 4 is 28.9 Å². The second-order valence-electron chi connectivity index (χ2n) is 5.66. The fourth-order valence-electron chi connectivity index (χ4n) is 2.95. The molecule has 3 heteroatoms. The van der Waals surface area contributed by atoms with Crippen molar-refractivity contribution in [3.63, 3.8) is 0 Å².